The Kier molecular flexibility index (Phi) is 5.01. The first-order chi connectivity index (χ1) is 8.55. The molecule has 2 fully saturated rings. The maximum atomic E-state index is 9.81. The Balaban J connectivity index is 1.91. The van der Waals surface area contributed by atoms with Crippen molar-refractivity contribution in [3.05, 3.63) is 0 Å². The summed E-state index contributed by atoms with van der Waals surface area (Å²) in [7, 11) is 0. The van der Waals surface area contributed by atoms with Crippen LogP contribution < -0.4 is 0 Å². The summed E-state index contributed by atoms with van der Waals surface area (Å²) in [5, 5.41) is 9.81. The number of rotatable bonds is 3. The monoisotopic (exact) mass is 271 g/mol. The molecule has 1 saturated heterocycles. The summed E-state index contributed by atoms with van der Waals surface area (Å²) in [4.78, 5) is 2.61. The van der Waals surface area contributed by atoms with E-state index in [-0.39, 0.29) is 5.41 Å². The molecule has 1 saturated carbocycles. The first-order valence-electron chi connectivity index (χ1n) is 7.53. The zero-order valence-corrected chi connectivity index (χ0v) is 12.9. The third kappa shape index (κ3) is 3.88. The maximum Gasteiger partial charge on any atom is 0.0499 e. The molecule has 1 aliphatic heterocycles. The topological polar surface area (TPSA) is 23.5 Å². The van der Waals surface area contributed by atoms with Gasteiger partial charge >= 0.3 is 0 Å². The highest BCUT2D eigenvalue weighted by Crippen LogP contribution is 2.38. The zero-order chi connectivity index (χ0) is 13.1. The smallest absolute Gasteiger partial charge is 0.0499 e. The lowest BCUT2D eigenvalue weighted by Gasteiger charge is -2.39. The average Bonchev–Trinajstić information content (AvgIpc) is 2.52. The van der Waals surface area contributed by atoms with Gasteiger partial charge in [0.25, 0.3) is 0 Å². The van der Waals surface area contributed by atoms with Gasteiger partial charge in [0, 0.05) is 35.6 Å². The van der Waals surface area contributed by atoms with E-state index < -0.39 is 0 Å². The predicted molar refractivity (Wildman–Crippen MR) is 80.2 cm³/mol. The van der Waals surface area contributed by atoms with Crippen molar-refractivity contribution in [2.45, 2.75) is 57.1 Å². The molecule has 3 heteroatoms. The van der Waals surface area contributed by atoms with Gasteiger partial charge < -0.3 is 10.0 Å². The Labute approximate surface area is 117 Å². The van der Waals surface area contributed by atoms with Gasteiger partial charge in [-0.2, -0.15) is 11.8 Å². The molecule has 0 amide bonds. The Morgan fingerprint density at radius 2 is 1.78 bits per heavy atom. The second-order valence-electron chi connectivity index (χ2n) is 6.85. The maximum absolute atomic E-state index is 9.81. The Morgan fingerprint density at radius 1 is 1.06 bits per heavy atom. The largest absolute Gasteiger partial charge is 0.396 e. The highest BCUT2D eigenvalue weighted by Gasteiger charge is 2.34. The molecule has 0 aromatic carbocycles. The molecule has 2 nitrogen and oxygen atoms in total. The molecule has 2 aliphatic rings. The molecule has 0 aromatic heterocycles. The number of hydrogen-bond donors (Lipinski definition) is 1. The molecule has 106 valence electrons. The summed E-state index contributed by atoms with van der Waals surface area (Å²) in [5.41, 5.74) is 0.220. The predicted octanol–water partition coefficient (Wildman–Crippen LogP) is 3.15. The fourth-order valence-corrected chi connectivity index (χ4v) is 4.50. The van der Waals surface area contributed by atoms with Gasteiger partial charge in [0.1, 0.15) is 0 Å². The summed E-state index contributed by atoms with van der Waals surface area (Å²) in [5.74, 6) is 1.24. The van der Waals surface area contributed by atoms with Crippen LogP contribution in [0.4, 0.5) is 0 Å². The zero-order valence-electron chi connectivity index (χ0n) is 12.1. The minimum absolute atomic E-state index is 0.220. The van der Waals surface area contributed by atoms with Gasteiger partial charge in [0.15, 0.2) is 0 Å². The number of thioether (sulfide) groups is 1. The minimum atomic E-state index is 0.220. The minimum Gasteiger partial charge on any atom is -0.396 e. The molecular formula is C15H29NOS. The lowest BCUT2D eigenvalue weighted by Crippen LogP contribution is -2.42. The normalized spacial score (nSPS) is 28.8. The van der Waals surface area contributed by atoms with Gasteiger partial charge in [-0.15, -0.1) is 0 Å². The third-order valence-electron chi connectivity index (χ3n) is 4.74. The second-order valence-corrected chi connectivity index (χ2v) is 8.66. The average molecular weight is 271 g/mol. The van der Waals surface area contributed by atoms with Crippen LogP contribution in [0.15, 0.2) is 0 Å². The van der Waals surface area contributed by atoms with E-state index in [1.807, 2.05) is 0 Å². The molecule has 0 bridgehead atoms. The summed E-state index contributed by atoms with van der Waals surface area (Å²) >= 11 is 2.11. The Morgan fingerprint density at radius 3 is 2.44 bits per heavy atom. The van der Waals surface area contributed by atoms with E-state index in [0.717, 1.165) is 6.54 Å². The van der Waals surface area contributed by atoms with Crippen LogP contribution in [0.5, 0.6) is 0 Å². The van der Waals surface area contributed by atoms with Gasteiger partial charge in [0.05, 0.1) is 0 Å². The number of aliphatic hydroxyl groups is 1. The lowest BCUT2D eigenvalue weighted by atomic mass is 9.74. The summed E-state index contributed by atoms with van der Waals surface area (Å²) in [6, 6.07) is 0. The van der Waals surface area contributed by atoms with E-state index in [2.05, 4.69) is 30.5 Å². The molecule has 0 aromatic rings. The van der Waals surface area contributed by atoms with Crippen molar-refractivity contribution < 1.29 is 5.11 Å². The molecule has 1 aliphatic carbocycles. The van der Waals surface area contributed by atoms with Gasteiger partial charge in [-0.3, -0.25) is 0 Å². The molecule has 0 spiro atoms. The van der Waals surface area contributed by atoms with Gasteiger partial charge in [-0.1, -0.05) is 33.1 Å². The fourth-order valence-electron chi connectivity index (χ4n) is 3.36. The third-order valence-corrected chi connectivity index (χ3v) is 6.11. The van der Waals surface area contributed by atoms with E-state index in [1.54, 1.807) is 0 Å². The summed E-state index contributed by atoms with van der Waals surface area (Å²) in [6.07, 6.45) is 7.74. The fraction of sp³-hybridized carbons (Fsp3) is 1.00. The molecule has 0 unspecified atom stereocenters. The summed E-state index contributed by atoms with van der Waals surface area (Å²) < 4.78 is 0.438. The number of aliphatic hydroxyl groups excluding tert-OH is 1. The molecule has 18 heavy (non-hydrogen) atoms. The van der Waals surface area contributed by atoms with E-state index in [0.29, 0.717) is 11.4 Å². The first kappa shape index (κ1) is 14.7. The molecule has 1 N–H and O–H groups in total. The number of nitrogens with zero attached hydrogens (tertiary/aromatic N) is 1. The second kappa shape index (κ2) is 6.15. The van der Waals surface area contributed by atoms with Crippen molar-refractivity contribution in [3.63, 3.8) is 0 Å². The van der Waals surface area contributed by atoms with E-state index in [4.69, 9.17) is 0 Å². The van der Waals surface area contributed by atoms with E-state index >= 15 is 0 Å². The lowest BCUT2D eigenvalue weighted by molar-refractivity contribution is 0.0421. The van der Waals surface area contributed by atoms with Gasteiger partial charge in [0.2, 0.25) is 0 Å². The van der Waals surface area contributed by atoms with Crippen molar-refractivity contribution in [2.24, 2.45) is 5.41 Å². The van der Waals surface area contributed by atoms with Crippen LogP contribution in [0.2, 0.25) is 0 Å². The van der Waals surface area contributed by atoms with Crippen LogP contribution in [-0.2, 0) is 0 Å². The van der Waals surface area contributed by atoms with E-state index in [1.165, 1.54) is 57.4 Å². The van der Waals surface area contributed by atoms with Gasteiger partial charge in [-0.05, 0) is 25.8 Å². The molecule has 0 radical (unpaired) electrons. The molecular weight excluding hydrogens is 242 g/mol. The van der Waals surface area contributed by atoms with Crippen LogP contribution in [0.25, 0.3) is 0 Å². The molecule has 0 atom stereocenters. The summed E-state index contributed by atoms with van der Waals surface area (Å²) in [6.45, 7) is 8.66. The van der Waals surface area contributed by atoms with E-state index in [9.17, 15) is 5.11 Å². The van der Waals surface area contributed by atoms with Crippen molar-refractivity contribution >= 4 is 11.8 Å². The Bertz CT molecular complexity index is 261. The van der Waals surface area contributed by atoms with Gasteiger partial charge in [-0.25, -0.2) is 0 Å². The van der Waals surface area contributed by atoms with Crippen molar-refractivity contribution in [2.75, 3.05) is 32.0 Å². The highest BCUT2D eigenvalue weighted by atomic mass is 32.2. The SMILES string of the molecule is CC1(C)CCN(CC2(CO)CCCCC2)CCS1. The van der Waals surface area contributed by atoms with Crippen LogP contribution in [0.3, 0.4) is 0 Å². The van der Waals surface area contributed by atoms with Crippen LogP contribution in [0.1, 0.15) is 52.4 Å². The van der Waals surface area contributed by atoms with Crippen LogP contribution in [-0.4, -0.2) is 46.7 Å². The van der Waals surface area contributed by atoms with Crippen molar-refractivity contribution in [3.8, 4) is 0 Å². The van der Waals surface area contributed by atoms with Crippen molar-refractivity contribution in [1.82, 2.24) is 4.90 Å². The van der Waals surface area contributed by atoms with Crippen LogP contribution in [0, 0.1) is 5.41 Å². The first-order valence-corrected chi connectivity index (χ1v) is 8.51. The molecule has 1 heterocycles. The van der Waals surface area contributed by atoms with Crippen LogP contribution >= 0.6 is 11.8 Å². The van der Waals surface area contributed by atoms with Crippen molar-refractivity contribution in [1.29, 1.82) is 0 Å². The Hall–Kier alpha value is 0.270. The quantitative estimate of drug-likeness (QED) is 0.853. The standard InChI is InChI=1S/C15H29NOS/c1-14(2)8-9-16(10-11-18-14)12-15(13-17)6-4-3-5-7-15/h17H,3-13H2,1-2H3. The number of hydrogen-bond acceptors (Lipinski definition) is 3. The molecule has 2 rings (SSSR count). The highest BCUT2D eigenvalue weighted by molar-refractivity contribution is 8.00.